The van der Waals surface area contributed by atoms with E-state index in [2.05, 4.69) is 5.32 Å². The Balaban J connectivity index is 1.59. The number of benzene rings is 1. The van der Waals surface area contributed by atoms with Gasteiger partial charge in [-0.25, -0.2) is 4.79 Å². The Morgan fingerprint density at radius 2 is 1.84 bits per heavy atom. The number of fused-ring (bicyclic) bond motifs is 1. The second-order valence-electron chi connectivity index (χ2n) is 9.44. The summed E-state index contributed by atoms with van der Waals surface area (Å²) < 4.78 is 9.49. The zero-order chi connectivity index (χ0) is 23.8. The number of nitrogens with zero attached hydrogens (tertiary/aromatic N) is 1. The van der Waals surface area contributed by atoms with Crippen LogP contribution in [0.25, 0.3) is 0 Å². The first kappa shape index (κ1) is 23.9. The predicted molar refractivity (Wildman–Crippen MR) is 119 cm³/mol. The third kappa shape index (κ3) is 4.69. The number of hydrogen-bond acceptors (Lipinski definition) is 8. The summed E-state index contributed by atoms with van der Waals surface area (Å²) in [6.45, 7) is 8.23. The fourth-order valence-electron chi connectivity index (χ4n) is 3.66. The number of amides is 2. The van der Waals surface area contributed by atoms with Crippen LogP contribution in [0.5, 0.6) is 0 Å². The number of nitrogens with two attached hydrogens (primary N) is 1. The third-order valence-electron chi connectivity index (χ3n) is 5.39. The fourth-order valence-corrected chi connectivity index (χ4v) is 5.28. The van der Waals surface area contributed by atoms with Crippen molar-refractivity contribution in [2.45, 2.75) is 63.2 Å². The van der Waals surface area contributed by atoms with Crippen molar-refractivity contribution in [1.82, 2.24) is 10.2 Å². The topological polar surface area (TPSA) is 128 Å². The van der Waals surface area contributed by atoms with Gasteiger partial charge in [-0.15, -0.1) is 11.8 Å². The molecule has 9 nitrogen and oxygen atoms in total. The minimum Gasteiger partial charge on any atom is -0.427 e. The van der Waals surface area contributed by atoms with Crippen molar-refractivity contribution in [1.29, 1.82) is 0 Å². The third-order valence-corrected chi connectivity index (χ3v) is 6.96. The smallest absolute Gasteiger partial charge is 0.333 e. The van der Waals surface area contributed by atoms with Crippen LogP contribution in [-0.4, -0.2) is 57.7 Å². The number of β-lactam (4-membered cyclic amide) rings is 1. The molecule has 1 unspecified atom stereocenters. The van der Waals surface area contributed by atoms with Crippen molar-refractivity contribution in [2.75, 3.05) is 12.5 Å². The minimum atomic E-state index is -0.851. The van der Waals surface area contributed by atoms with Gasteiger partial charge in [0.05, 0.1) is 11.8 Å². The molecule has 32 heavy (non-hydrogen) atoms. The SMILES string of the molecule is CC(C)(C)C(=O)OCOC(=O)[C@@H]1N2C(=O)C(NC(=O)Cc3ccccc3N)[C@H]2SC1(C)C. The number of ether oxygens (including phenoxy) is 2. The first-order chi connectivity index (χ1) is 14.8. The fraction of sp³-hybridized carbons (Fsp3) is 0.545. The zero-order valence-electron chi connectivity index (χ0n) is 18.8. The first-order valence-electron chi connectivity index (χ1n) is 10.3. The summed E-state index contributed by atoms with van der Waals surface area (Å²) in [4.78, 5) is 51.3. The van der Waals surface area contributed by atoms with Gasteiger partial charge in [0.25, 0.3) is 0 Å². The summed E-state index contributed by atoms with van der Waals surface area (Å²) in [5, 5.41) is 2.37. The van der Waals surface area contributed by atoms with Crippen LogP contribution in [0.15, 0.2) is 24.3 Å². The molecule has 1 aromatic rings. The zero-order valence-corrected chi connectivity index (χ0v) is 19.7. The highest BCUT2D eigenvalue weighted by atomic mass is 32.2. The lowest BCUT2D eigenvalue weighted by atomic mass is 9.96. The highest BCUT2D eigenvalue weighted by Crippen LogP contribution is 2.51. The van der Waals surface area contributed by atoms with Gasteiger partial charge >= 0.3 is 11.9 Å². The average molecular weight is 464 g/mol. The quantitative estimate of drug-likeness (QED) is 0.281. The lowest BCUT2D eigenvalue weighted by Crippen LogP contribution is -2.70. The number of nitrogen functional groups attached to an aromatic ring is 1. The van der Waals surface area contributed by atoms with Crippen LogP contribution in [0, 0.1) is 5.41 Å². The standard InChI is InChI=1S/C22H29N3O6S/c1-21(2,3)20(29)31-11-30-19(28)16-22(4,5)32-18-15(17(27)25(16)18)24-14(26)10-12-8-6-7-9-13(12)23/h6-9,15-16,18H,10-11,23H2,1-5H3,(H,24,26)/t15?,16-,18+/m0/s1. The van der Waals surface area contributed by atoms with Gasteiger partial charge in [-0.2, -0.15) is 0 Å². The molecule has 0 bridgehead atoms. The first-order valence-corrected chi connectivity index (χ1v) is 11.2. The Hall–Kier alpha value is -2.75. The van der Waals surface area contributed by atoms with Crippen LogP contribution in [0.2, 0.25) is 0 Å². The summed E-state index contributed by atoms with van der Waals surface area (Å²) in [6, 6.07) is 5.47. The van der Waals surface area contributed by atoms with Crippen molar-refractivity contribution in [3.05, 3.63) is 29.8 Å². The number of carbonyl (C=O) groups excluding carboxylic acids is 4. The summed E-state index contributed by atoms with van der Waals surface area (Å²) >= 11 is 1.42. The van der Waals surface area contributed by atoms with Crippen molar-refractivity contribution < 1.29 is 28.7 Å². The number of rotatable bonds is 6. The Morgan fingerprint density at radius 1 is 1.19 bits per heavy atom. The van der Waals surface area contributed by atoms with E-state index in [0.29, 0.717) is 11.3 Å². The maximum atomic E-state index is 12.8. The van der Waals surface area contributed by atoms with Crippen molar-refractivity contribution in [3.8, 4) is 0 Å². The normalized spacial score (nSPS) is 23.7. The van der Waals surface area contributed by atoms with Crippen LogP contribution >= 0.6 is 11.8 Å². The van der Waals surface area contributed by atoms with Gasteiger partial charge < -0.3 is 25.4 Å². The van der Waals surface area contributed by atoms with E-state index in [1.807, 2.05) is 13.8 Å². The number of nitrogens with one attached hydrogen (secondary N) is 1. The van der Waals surface area contributed by atoms with Gasteiger partial charge in [0.1, 0.15) is 17.5 Å². The summed E-state index contributed by atoms with van der Waals surface area (Å²) in [5.41, 5.74) is 6.36. The van der Waals surface area contributed by atoms with E-state index in [1.165, 1.54) is 16.7 Å². The predicted octanol–water partition coefficient (Wildman–Crippen LogP) is 1.45. The van der Waals surface area contributed by atoms with Gasteiger partial charge in [-0.1, -0.05) is 18.2 Å². The van der Waals surface area contributed by atoms with Gasteiger partial charge in [0.2, 0.25) is 18.6 Å². The van der Waals surface area contributed by atoms with E-state index in [-0.39, 0.29) is 23.6 Å². The second-order valence-corrected chi connectivity index (χ2v) is 11.2. The molecule has 2 aliphatic heterocycles. The number of anilines is 1. The summed E-state index contributed by atoms with van der Waals surface area (Å²) in [5.74, 6) is -1.82. The Morgan fingerprint density at radius 3 is 2.47 bits per heavy atom. The van der Waals surface area contributed by atoms with Crippen LogP contribution in [0.1, 0.15) is 40.2 Å². The summed E-state index contributed by atoms with van der Waals surface area (Å²) in [7, 11) is 0. The lowest BCUT2D eigenvalue weighted by molar-refractivity contribution is -0.180. The molecule has 0 aromatic heterocycles. The largest absolute Gasteiger partial charge is 0.427 e. The number of thioether (sulfide) groups is 1. The Bertz CT molecular complexity index is 942. The molecule has 174 valence electrons. The second kappa shape index (κ2) is 8.65. The minimum absolute atomic E-state index is 0.0574. The molecule has 0 saturated carbocycles. The molecule has 0 aliphatic carbocycles. The van der Waals surface area contributed by atoms with E-state index in [1.54, 1.807) is 45.0 Å². The van der Waals surface area contributed by atoms with E-state index in [9.17, 15) is 19.2 Å². The lowest BCUT2D eigenvalue weighted by Gasteiger charge is -2.43. The molecule has 1 aromatic carbocycles. The van der Waals surface area contributed by atoms with Crippen LogP contribution in [0.4, 0.5) is 5.69 Å². The van der Waals surface area contributed by atoms with Gasteiger partial charge in [0, 0.05) is 10.4 Å². The van der Waals surface area contributed by atoms with Crippen molar-refractivity contribution >= 4 is 41.2 Å². The van der Waals surface area contributed by atoms with Crippen molar-refractivity contribution in [3.63, 3.8) is 0 Å². The molecule has 0 radical (unpaired) electrons. The monoisotopic (exact) mass is 463 g/mol. The van der Waals surface area contributed by atoms with Gasteiger partial charge in [-0.05, 0) is 46.2 Å². The maximum absolute atomic E-state index is 12.8. The highest BCUT2D eigenvalue weighted by molar-refractivity contribution is 8.01. The molecule has 2 amide bonds. The number of esters is 2. The molecule has 10 heteroatoms. The molecule has 3 rings (SSSR count). The van der Waals surface area contributed by atoms with Crippen molar-refractivity contribution in [2.24, 2.45) is 5.41 Å². The van der Waals surface area contributed by atoms with Gasteiger partial charge in [0.15, 0.2) is 0 Å². The number of carbonyl (C=O) groups is 4. The van der Waals surface area contributed by atoms with Crippen LogP contribution in [0.3, 0.4) is 0 Å². The van der Waals surface area contributed by atoms with E-state index in [0.717, 1.165) is 0 Å². The Kier molecular flexibility index (Phi) is 6.46. The molecule has 0 spiro atoms. The maximum Gasteiger partial charge on any atom is 0.333 e. The van der Waals surface area contributed by atoms with Gasteiger partial charge in [-0.3, -0.25) is 14.4 Å². The molecular formula is C22H29N3O6S. The van der Waals surface area contributed by atoms with E-state index < -0.39 is 41.0 Å². The van der Waals surface area contributed by atoms with E-state index in [4.69, 9.17) is 15.2 Å². The average Bonchev–Trinajstić information content (AvgIpc) is 2.95. The van der Waals surface area contributed by atoms with Crippen LogP contribution in [-0.2, 0) is 35.1 Å². The van der Waals surface area contributed by atoms with E-state index >= 15 is 0 Å². The molecule has 3 atom stereocenters. The highest BCUT2D eigenvalue weighted by Gasteiger charge is 2.64. The molecule has 2 aliphatic rings. The summed E-state index contributed by atoms with van der Waals surface area (Å²) in [6.07, 6.45) is 0.0574. The molecule has 3 N–H and O–H groups in total. The Labute approximate surface area is 191 Å². The van der Waals surface area contributed by atoms with Crippen LogP contribution < -0.4 is 11.1 Å². The molecule has 2 heterocycles. The molecular weight excluding hydrogens is 434 g/mol. The number of para-hydroxylation sites is 1. The molecule has 2 fully saturated rings. The molecule has 2 saturated heterocycles. The number of hydrogen-bond donors (Lipinski definition) is 2.